The second kappa shape index (κ2) is 7.14. The van der Waals surface area contributed by atoms with Crippen LogP contribution in [0.4, 0.5) is 0 Å². The molecule has 0 radical (unpaired) electrons. The van der Waals surface area contributed by atoms with Crippen molar-refractivity contribution in [3.8, 4) is 17.2 Å². The molecule has 34 heavy (non-hydrogen) atoms. The highest BCUT2D eigenvalue weighted by molar-refractivity contribution is 5.89. The van der Waals surface area contributed by atoms with Gasteiger partial charge in [-0.3, -0.25) is 14.5 Å². The highest BCUT2D eigenvalue weighted by atomic mass is 16.2. The number of nitrogens with zero attached hydrogens (tertiary/aromatic N) is 4. The van der Waals surface area contributed by atoms with Gasteiger partial charge < -0.3 is 15.5 Å². The Morgan fingerprint density at radius 1 is 1.06 bits per heavy atom. The van der Waals surface area contributed by atoms with Gasteiger partial charge in [-0.25, -0.2) is 0 Å². The number of benzene rings is 2. The molecule has 2 N–H and O–H groups in total. The summed E-state index contributed by atoms with van der Waals surface area (Å²) in [5, 5.41) is 9.44. The van der Waals surface area contributed by atoms with Gasteiger partial charge in [0.05, 0.1) is 24.2 Å². The van der Waals surface area contributed by atoms with Crippen LogP contribution in [-0.2, 0) is 9.59 Å². The number of hydrogen-bond acceptors (Lipinski definition) is 5. The average molecular weight is 454 g/mol. The molecular formula is C27H27N5O2. The zero-order valence-corrected chi connectivity index (χ0v) is 18.9. The summed E-state index contributed by atoms with van der Waals surface area (Å²) in [4.78, 5) is 32.7. The Morgan fingerprint density at radius 3 is 2.38 bits per heavy atom. The van der Waals surface area contributed by atoms with E-state index in [1.807, 2.05) is 12.1 Å². The van der Waals surface area contributed by atoms with Crippen LogP contribution in [0.25, 0.3) is 11.1 Å². The first-order valence-corrected chi connectivity index (χ1v) is 12.3. The molecule has 5 aliphatic rings. The Balaban J connectivity index is 1.10. The summed E-state index contributed by atoms with van der Waals surface area (Å²) in [5.74, 6) is 0.462. The molecule has 7 rings (SSSR count). The summed E-state index contributed by atoms with van der Waals surface area (Å²) in [6.07, 6.45) is 2.53. The maximum atomic E-state index is 13.7. The topological polar surface area (TPSA) is 93.7 Å². The van der Waals surface area contributed by atoms with E-state index in [2.05, 4.69) is 52.3 Å². The molecule has 3 aliphatic heterocycles. The summed E-state index contributed by atoms with van der Waals surface area (Å²) < 4.78 is 0. The van der Waals surface area contributed by atoms with Gasteiger partial charge in [-0.15, -0.1) is 0 Å². The zero-order valence-electron chi connectivity index (χ0n) is 18.9. The number of piperidine rings is 1. The van der Waals surface area contributed by atoms with Crippen LogP contribution < -0.4 is 5.73 Å². The fourth-order valence-corrected chi connectivity index (χ4v) is 7.07. The van der Waals surface area contributed by atoms with Crippen LogP contribution in [0.15, 0.2) is 48.5 Å². The minimum absolute atomic E-state index is 0.0554. The van der Waals surface area contributed by atoms with Crippen molar-refractivity contribution in [1.29, 1.82) is 5.26 Å². The van der Waals surface area contributed by atoms with Crippen molar-refractivity contribution in [2.24, 2.45) is 11.7 Å². The van der Waals surface area contributed by atoms with Crippen molar-refractivity contribution in [3.63, 3.8) is 0 Å². The average Bonchev–Trinajstić information content (AvgIpc) is 3.15. The SMILES string of the molecule is N#C[C@@H]1CC2C[C@@H]2N1C(=O)[C@@H](N)CN1C[C@H]2C[C@@H]1C(=O)N2C1c2ccccc2-c2ccccc21. The van der Waals surface area contributed by atoms with Crippen LogP contribution in [-0.4, -0.2) is 69.8 Å². The molecule has 1 unspecified atom stereocenters. The van der Waals surface area contributed by atoms with Gasteiger partial charge in [-0.05, 0) is 47.4 Å². The monoisotopic (exact) mass is 453 g/mol. The molecule has 2 aromatic carbocycles. The van der Waals surface area contributed by atoms with E-state index < -0.39 is 6.04 Å². The van der Waals surface area contributed by atoms with Crippen LogP contribution in [0.3, 0.4) is 0 Å². The lowest BCUT2D eigenvalue weighted by Crippen LogP contribution is -2.57. The van der Waals surface area contributed by atoms with Crippen molar-refractivity contribution in [2.45, 2.75) is 55.5 Å². The number of likely N-dealkylation sites (tertiary alicyclic amines) is 3. The molecule has 7 heteroatoms. The van der Waals surface area contributed by atoms with Crippen molar-refractivity contribution >= 4 is 11.8 Å². The molecule has 7 nitrogen and oxygen atoms in total. The third-order valence-corrected chi connectivity index (χ3v) is 8.65. The van der Waals surface area contributed by atoms with Gasteiger partial charge in [0.15, 0.2) is 0 Å². The summed E-state index contributed by atoms with van der Waals surface area (Å²) in [6.45, 7) is 1.09. The molecule has 172 valence electrons. The van der Waals surface area contributed by atoms with E-state index in [0.717, 1.165) is 25.8 Å². The Kier molecular flexibility index (Phi) is 4.24. The summed E-state index contributed by atoms with van der Waals surface area (Å²) >= 11 is 0. The molecule has 2 aromatic rings. The lowest BCUT2D eigenvalue weighted by molar-refractivity contribution is -0.140. The van der Waals surface area contributed by atoms with Gasteiger partial charge in [0.25, 0.3) is 0 Å². The Bertz CT molecular complexity index is 1210. The van der Waals surface area contributed by atoms with Gasteiger partial charge in [-0.2, -0.15) is 5.26 Å². The smallest absolute Gasteiger partial charge is 0.242 e. The lowest BCUT2D eigenvalue weighted by Gasteiger charge is -2.39. The van der Waals surface area contributed by atoms with Crippen LogP contribution in [0, 0.1) is 17.2 Å². The normalized spacial score (nSPS) is 31.9. The summed E-state index contributed by atoms with van der Waals surface area (Å²) in [7, 11) is 0. The number of rotatable bonds is 4. The van der Waals surface area contributed by atoms with E-state index in [1.54, 1.807) is 4.90 Å². The van der Waals surface area contributed by atoms with Crippen LogP contribution in [0.1, 0.15) is 36.4 Å². The van der Waals surface area contributed by atoms with E-state index >= 15 is 0 Å². The standard InChI is InChI=1S/C27H27N5O2/c28-12-16-9-15-10-23(15)31(16)26(33)22(29)14-30-13-17-11-24(30)27(34)32(17)25-20-7-3-1-5-18(20)19-6-2-4-8-21(19)25/h1-8,15-17,22-25H,9-11,13-14,29H2/t15?,16-,17+,22-,23-,24+/m0/s1. The van der Waals surface area contributed by atoms with Crippen LogP contribution >= 0.6 is 0 Å². The number of piperazine rings is 1. The lowest BCUT2D eigenvalue weighted by atomic mass is 10.0. The Morgan fingerprint density at radius 2 is 1.74 bits per heavy atom. The molecular weight excluding hydrogens is 426 g/mol. The minimum Gasteiger partial charge on any atom is -0.326 e. The van der Waals surface area contributed by atoms with Gasteiger partial charge in [0.1, 0.15) is 6.04 Å². The highest BCUT2D eigenvalue weighted by Crippen LogP contribution is 2.50. The number of carbonyl (C=O) groups is 2. The van der Waals surface area contributed by atoms with E-state index in [4.69, 9.17) is 5.73 Å². The van der Waals surface area contributed by atoms with Gasteiger partial charge in [-0.1, -0.05) is 48.5 Å². The number of nitriles is 1. The fourth-order valence-electron chi connectivity index (χ4n) is 7.07. The van der Waals surface area contributed by atoms with Crippen LogP contribution in [0.5, 0.6) is 0 Å². The molecule has 2 amide bonds. The van der Waals surface area contributed by atoms with E-state index in [9.17, 15) is 14.9 Å². The van der Waals surface area contributed by atoms with Gasteiger partial charge in [0, 0.05) is 25.2 Å². The third kappa shape index (κ3) is 2.70. The van der Waals surface area contributed by atoms with E-state index in [0.29, 0.717) is 12.5 Å². The molecule has 6 atom stereocenters. The van der Waals surface area contributed by atoms with Gasteiger partial charge in [0.2, 0.25) is 11.8 Å². The molecule has 4 fully saturated rings. The molecule has 0 spiro atoms. The quantitative estimate of drug-likeness (QED) is 0.763. The minimum atomic E-state index is -0.705. The third-order valence-electron chi connectivity index (χ3n) is 8.65. The molecule has 2 bridgehead atoms. The van der Waals surface area contributed by atoms with E-state index in [-0.39, 0.29) is 42.0 Å². The number of carbonyl (C=O) groups excluding carboxylic acids is 2. The second-order valence-electron chi connectivity index (χ2n) is 10.5. The highest BCUT2D eigenvalue weighted by Gasteiger charge is 2.56. The van der Waals surface area contributed by atoms with Gasteiger partial charge >= 0.3 is 0 Å². The number of hydrogen-bond donors (Lipinski definition) is 1. The fraction of sp³-hybridized carbons (Fsp3) is 0.444. The van der Waals surface area contributed by atoms with Crippen molar-refractivity contribution in [2.75, 3.05) is 13.1 Å². The predicted octanol–water partition coefficient (Wildman–Crippen LogP) is 1.88. The first-order valence-electron chi connectivity index (χ1n) is 12.3. The van der Waals surface area contributed by atoms with Crippen molar-refractivity contribution in [3.05, 3.63) is 59.7 Å². The Labute approximate surface area is 198 Å². The molecule has 0 aromatic heterocycles. The largest absolute Gasteiger partial charge is 0.326 e. The molecule has 1 saturated carbocycles. The first kappa shape index (κ1) is 20.2. The summed E-state index contributed by atoms with van der Waals surface area (Å²) in [6, 6.07) is 18.0. The second-order valence-corrected chi connectivity index (χ2v) is 10.5. The van der Waals surface area contributed by atoms with E-state index in [1.165, 1.54) is 22.3 Å². The van der Waals surface area contributed by atoms with Crippen molar-refractivity contribution < 1.29 is 9.59 Å². The number of amides is 2. The Hall–Kier alpha value is -3.21. The van der Waals surface area contributed by atoms with Crippen LogP contribution in [0.2, 0.25) is 0 Å². The number of nitrogens with two attached hydrogens (primary N) is 1. The number of fused-ring (bicyclic) bond motifs is 6. The summed E-state index contributed by atoms with van der Waals surface area (Å²) in [5.41, 5.74) is 11.2. The molecule has 2 aliphatic carbocycles. The molecule has 3 heterocycles. The zero-order chi connectivity index (χ0) is 23.1. The maximum Gasteiger partial charge on any atom is 0.242 e. The molecule has 3 saturated heterocycles. The predicted molar refractivity (Wildman–Crippen MR) is 125 cm³/mol. The first-order chi connectivity index (χ1) is 16.6. The maximum absolute atomic E-state index is 13.7. The van der Waals surface area contributed by atoms with Crippen molar-refractivity contribution in [1.82, 2.24) is 14.7 Å².